The van der Waals surface area contributed by atoms with E-state index < -0.39 is 73.8 Å². The minimum Gasteiger partial charge on any atom is -0.367 e. The number of aryl methyl sites for hydroxylation is 1. The van der Waals surface area contributed by atoms with E-state index in [0.29, 0.717) is 122 Å². The van der Waals surface area contributed by atoms with Crippen LogP contribution in [0.15, 0.2) is 147 Å². The van der Waals surface area contributed by atoms with Gasteiger partial charge >= 0.3 is 6.18 Å². The summed E-state index contributed by atoms with van der Waals surface area (Å²) in [5, 5.41) is 42.7. The highest BCUT2D eigenvalue weighted by molar-refractivity contribution is 5.88. The third kappa shape index (κ3) is 21.2. The molecule has 0 saturated carbocycles. The van der Waals surface area contributed by atoms with Crippen molar-refractivity contribution >= 4 is 67.4 Å². The predicted molar refractivity (Wildman–Crippen MR) is 405 cm³/mol. The van der Waals surface area contributed by atoms with Crippen LogP contribution in [-0.2, 0) is 36.8 Å². The molecule has 0 radical (unpaired) electrons. The summed E-state index contributed by atoms with van der Waals surface area (Å²) < 4.78 is 206. The summed E-state index contributed by atoms with van der Waals surface area (Å²) in [5.74, 6) is -6.84. The molecule has 4 aliphatic rings. The van der Waals surface area contributed by atoms with E-state index >= 15 is 0 Å². The molecule has 8 aromatic heterocycles. The van der Waals surface area contributed by atoms with Crippen LogP contribution >= 0.6 is 0 Å². The Morgan fingerprint density at radius 3 is 1.03 bits per heavy atom. The number of aromatic nitrogens is 16. The van der Waals surface area contributed by atoms with Crippen molar-refractivity contribution in [1.82, 2.24) is 100 Å². The van der Waals surface area contributed by atoms with Gasteiger partial charge in [0.2, 0.25) is 0 Å². The average Bonchev–Trinajstić information content (AvgIpc) is 1.50. The number of aromatic amines is 4. The standard InChI is InChI=1S/C20H24F2N6.C19H19F5N6.2C19H20F4N6/c1-2-14-3-5-15(6-4-14)20(21,22)12-28-9-7-16(8-10-28)26-18-17-11-25-27-19(17)24-13-23-18;20-14-8-30(9-19(23,24)12-3-1-11(2-4-12)16(21)22)6-5-15(14)28-17-13-7-27-29-18(13)26-10-25-17;20-16(21)12-1-3-13(4-2-12)19(22,23)10-29-7-5-14(6-8-29)27-17-15-9-26-28-18(15)25-11-24-17;20-15-10-29(7-5-12-1-3-13(4-2-12)19(21,22)23)8-6-16(15)27-17-14-9-26-28-18(14)25-11-24-17/h3-6,11,13,16H,2,7-10,12H2,1H3,(H2,23,24,25,26,27);1-4,7,10,14-16H,5-6,8-9H2,(H2,25,26,27,28,29);1-4,9,11,14,16H,5-8,10H2,(H2,24,25,26,27,28);1-4,9,11,15-16H,5-8,10H2,(H2,24,25,26,27,28)/t;14-,15-;;15-,16-/m.0.0/s1. The van der Waals surface area contributed by atoms with Crippen molar-refractivity contribution in [2.24, 2.45) is 0 Å². The molecule has 616 valence electrons. The molecule has 0 unspecified atom stereocenters. The molecule has 39 heteroatoms. The largest absolute Gasteiger partial charge is 0.416 e. The highest BCUT2D eigenvalue weighted by atomic mass is 19.4. The van der Waals surface area contributed by atoms with Crippen LogP contribution in [0.4, 0.5) is 89.1 Å². The van der Waals surface area contributed by atoms with Gasteiger partial charge in [0, 0.05) is 98.8 Å². The van der Waals surface area contributed by atoms with Crippen LogP contribution in [0.1, 0.15) is 103 Å². The number of halogens is 15. The van der Waals surface area contributed by atoms with Crippen molar-refractivity contribution in [1.29, 1.82) is 0 Å². The van der Waals surface area contributed by atoms with Crippen LogP contribution in [-0.4, -0.2) is 215 Å². The van der Waals surface area contributed by atoms with Gasteiger partial charge in [-0.15, -0.1) is 0 Å². The summed E-state index contributed by atoms with van der Waals surface area (Å²) in [6, 6.07) is 19.4. The number of hydrogen-bond donors (Lipinski definition) is 8. The van der Waals surface area contributed by atoms with E-state index in [9.17, 15) is 65.9 Å². The molecule has 0 spiro atoms. The summed E-state index contributed by atoms with van der Waals surface area (Å²) in [6.07, 6.45) is 5.18. The van der Waals surface area contributed by atoms with Crippen LogP contribution in [0.3, 0.4) is 0 Å². The summed E-state index contributed by atoms with van der Waals surface area (Å²) in [6.45, 7) is 4.53. The van der Waals surface area contributed by atoms with Crippen molar-refractivity contribution in [3.8, 4) is 0 Å². The second-order valence-corrected chi connectivity index (χ2v) is 28.9. The highest BCUT2D eigenvalue weighted by Crippen LogP contribution is 2.37. The second kappa shape index (κ2) is 36.9. The van der Waals surface area contributed by atoms with Gasteiger partial charge in [-0.3, -0.25) is 40.0 Å². The smallest absolute Gasteiger partial charge is 0.367 e. The number of benzene rings is 4. The number of fused-ring (bicyclic) bond motifs is 4. The minimum atomic E-state index is -4.33. The Morgan fingerprint density at radius 2 is 0.690 bits per heavy atom. The van der Waals surface area contributed by atoms with Crippen molar-refractivity contribution < 1.29 is 65.9 Å². The number of anilines is 4. The van der Waals surface area contributed by atoms with E-state index in [-0.39, 0.29) is 72.1 Å². The SMILES string of the molecule is CCc1ccc(C(F)(F)CN2CCC(Nc3ncnc4[nH]ncc34)CC2)cc1.FC(F)c1ccc(C(F)(F)CN2CCC(Nc3ncnc4[nH]ncc34)CC2)cc1.FC(F)c1ccc(C(F)(F)CN2CC[C@H](Nc3ncnc4[nH]ncc34)[C@@H](F)C2)cc1.F[C@H]1CN(CCc2ccc(C(F)(F)F)cc2)CC[C@@H]1Nc1ncnc2[nH]ncc12. The fourth-order valence-electron chi connectivity index (χ4n) is 14.3. The minimum absolute atomic E-state index is 0.0910. The molecule has 12 aromatic rings. The van der Waals surface area contributed by atoms with Gasteiger partial charge < -0.3 is 21.3 Å². The number of H-pyrrole nitrogens is 4. The van der Waals surface area contributed by atoms with Crippen molar-refractivity contribution in [2.75, 3.05) is 99.8 Å². The molecule has 0 bridgehead atoms. The lowest BCUT2D eigenvalue weighted by Crippen LogP contribution is -2.50. The third-order valence-electron chi connectivity index (χ3n) is 21.0. The third-order valence-corrected chi connectivity index (χ3v) is 21.0. The first-order valence-electron chi connectivity index (χ1n) is 37.7. The zero-order chi connectivity index (χ0) is 81.7. The van der Waals surface area contributed by atoms with E-state index in [4.69, 9.17) is 0 Å². The predicted octanol–water partition coefficient (Wildman–Crippen LogP) is 14.9. The summed E-state index contributed by atoms with van der Waals surface area (Å²) >= 11 is 0. The van der Waals surface area contributed by atoms with Crippen LogP contribution in [0.5, 0.6) is 0 Å². The normalized spacial score (nSPS) is 18.7. The van der Waals surface area contributed by atoms with Gasteiger partial charge in [-0.05, 0) is 74.6 Å². The first-order valence-corrected chi connectivity index (χ1v) is 37.7. The number of piperidine rings is 4. The Kier molecular flexibility index (Phi) is 26.4. The van der Waals surface area contributed by atoms with Gasteiger partial charge in [0.15, 0.2) is 22.6 Å². The van der Waals surface area contributed by atoms with E-state index in [1.54, 1.807) is 47.8 Å². The van der Waals surface area contributed by atoms with Gasteiger partial charge in [-0.1, -0.05) is 91.9 Å². The van der Waals surface area contributed by atoms with E-state index in [0.717, 1.165) is 108 Å². The molecule has 4 fully saturated rings. The maximum Gasteiger partial charge on any atom is 0.416 e. The number of likely N-dealkylation sites (tertiary alicyclic amines) is 4. The summed E-state index contributed by atoms with van der Waals surface area (Å²) in [7, 11) is 0. The maximum atomic E-state index is 14.7. The van der Waals surface area contributed by atoms with E-state index in [1.165, 1.54) is 48.5 Å². The molecule has 12 heterocycles. The molecule has 4 aliphatic heterocycles. The molecule has 16 rings (SSSR count). The number of rotatable bonds is 23. The number of nitrogens with one attached hydrogen (secondary N) is 8. The average molecular weight is 1630 g/mol. The molecular formula is C77H83F15N24. The number of hydrogen-bond acceptors (Lipinski definition) is 20. The van der Waals surface area contributed by atoms with Crippen LogP contribution in [0.2, 0.25) is 0 Å². The Morgan fingerprint density at radius 1 is 0.379 bits per heavy atom. The molecule has 116 heavy (non-hydrogen) atoms. The fraction of sp³-hybridized carbons (Fsp3) is 0.429. The van der Waals surface area contributed by atoms with Gasteiger partial charge in [0.05, 0.1) is 83.6 Å². The molecule has 0 amide bonds. The Labute approximate surface area is 654 Å². The maximum absolute atomic E-state index is 14.7. The number of nitrogens with zero attached hydrogens (tertiary/aromatic N) is 16. The second-order valence-electron chi connectivity index (χ2n) is 28.9. The summed E-state index contributed by atoms with van der Waals surface area (Å²) in [5.41, 5.74) is 2.54. The lowest BCUT2D eigenvalue weighted by atomic mass is 10.0. The monoisotopic (exact) mass is 1630 g/mol. The lowest BCUT2D eigenvalue weighted by molar-refractivity contribution is -0.137. The Hall–Kier alpha value is -10.9. The topological polar surface area (TPSA) is 279 Å². The quantitative estimate of drug-likeness (QED) is 0.0276. The molecule has 4 saturated heterocycles. The van der Waals surface area contributed by atoms with Crippen LogP contribution in [0, 0.1) is 0 Å². The molecular weight excluding hydrogens is 1550 g/mol. The van der Waals surface area contributed by atoms with Crippen LogP contribution < -0.4 is 21.3 Å². The fourth-order valence-corrected chi connectivity index (χ4v) is 14.3. The Bertz CT molecular complexity index is 5080. The highest BCUT2D eigenvalue weighted by Gasteiger charge is 2.41. The van der Waals surface area contributed by atoms with E-state index in [2.05, 4.69) is 102 Å². The van der Waals surface area contributed by atoms with Gasteiger partial charge in [-0.25, -0.2) is 66.2 Å². The first kappa shape index (κ1) is 83.0. The lowest BCUT2D eigenvalue weighted by Gasteiger charge is -2.36. The number of alkyl halides is 15. The molecule has 0 aliphatic carbocycles. The first-order chi connectivity index (χ1) is 55.7. The van der Waals surface area contributed by atoms with E-state index in [1.807, 2.05) is 16.7 Å². The molecule has 8 N–H and O–H groups in total. The zero-order valence-corrected chi connectivity index (χ0v) is 62.4. The molecule has 4 aromatic carbocycles. The van der Waals surface area contributed by atoms with Crippen LogP contribution in [0.25, 0.3) is 44.1 Å². The van der Waals surface area contributed by atoms with Gasteiger partial charge in [-0.2, -0.15) is 59.9 Å². The van der Waals surface area contributed by atoms with Crippen molar-refractivity contribution in [3.05, 3.63) is 192 Å². The van der Waals surface area contributed by atoms with Gasteiger partial charge in [0.1, 0.15) is 60.9 Å². The molecule has 24 nitrogen and oxygen atoms in total. The van der Waals surface area contributed by atoms with Gasteiger partial charge in [0.25, 0.3) is 30.6 Å². The summed E-state index contributed by atoms with van der Waals surface area (Å²) in [4.78, 5) is 40.0. The molecule has 4 atom stereocenters. The zero-order valence-electron chi connectivity index (χ0n) is 62.4. The van der Waals surface area contributed by atoms with Crippen molar-refractivity contribution in [2.45, 2.75) is 132 Å². The Balaban J connectivity index is 0.000000135. The van der Waals surface area contributed by atoms with Crippen molar-refractivity contribution in [3.63, 3.8) is 0 Å².